The molecule has 1 N–H and O–H groups in total. The number of ether oxygens (including phenoxy) is 2. The highest BCUT2D eigenvalue weighted by molar-refractivity contribution is 5.85. The summed E-state index contributed by atoms with van der Waals surface area (Å²) in [4.78, 5) is 17.4. The molecule has 0 bridgehead atoms. The minimum atomic E-state index is -0.293. The Hall–Kier alpha value is -4.85. The third-order valence-corrected chi connectivity index (χ3v) is 5.74. The van der Waals surface area contributed by atoms with E-state index in [1.807, 2.05) is 90.4 Å². The average molecular weight is 495 g/mol. The maximum atomic E-state index is 12.8. The molecule has 0 aliphatic rings. The van der Waals surface area contributed by atoms with Crippen LogP contribution < -0.4 is 14.9 Å². The van der Waals surface area contributed by atoms with E-state index in [9.17, 15) is 4.79 Å². The van der Waals surface area contributed by atoms with E-state index >= 15 is 0 Å². The van der Waals surface area contributed by atoms with Crippen LogP contribution in [-0.2, 0) is 17.9 Å². The number of furan rings is 1. The lowest BCUT2D eigenvalue weighted by atomic mass is 10.2. The van der Waals surface area contributed by atoms with Crippen LogP contribution in [0.25, 0.3) is 22.6 Å². The van der Waals surface area contributed by atoms with Crippen LogP contribution >= 0.6 is 0 Å². The lowest BCUT2D eigenvalue weighted by Gasteiger charge is -2.11. The molecule has 8 heteroatoms. The van der Waals surface area contributed by atoms with Crippen molar-refractivity contribution in [2.75, 3.05) is 7.11 Å². The summed E-state index contributed by atoms with van der Waals surface area (Å²) in [5, 5.41) is 4.13. The number of hydrogen-bond donors (Lipinski definition) is 1. The number of para-hydroxylation sites is 2. The number of carbonyl (C=O) groups excluding carboxylic acids is 1. The van der Waals surface area contributed by atoms with Gasteiger partial charge in [-0.3, -0.25) is 4.79 Å². The molecule has 0 atom stereocenters. The third-order valence-electron chi connectivity index (χ3n) is 5.74. The molecule has 2 heterocycles. The zero-order valence-corrected chi connectivity index (χ0v) is 20.5. The van der Waals surface area contributed by atoms with Gasteiger partial charge in [-0.15, -0.1) is 0 Å². The van der Waals surface area contributed by atoms with E-state index in [0.717, 1.165) is 27.9 Å². The monoisotopic (exact) mass is 494 g/mol. The summed E-state index contributed by atoms with van der Waals surface area (Å²) in [6.07, 6.45) is 1.56. The summed E-state index contributed by atoms with van der Waals surface area (Å²) >= 11 is 0. The number of imidazole rings is 1. The first-order chi connectivity index (χ1) is 18.1. The van der Waals surface area contributed by atoms with Gasteiger partial charge in [-0.1, -0.05) is 42.5 Å². The van der Waals surface area contributed by atoms with Gasteiger partial charge in [0, 0.05) is 0 Å². The molecule has 2 aromatic heterocycles. The number of methoxy groups -OCH3 is 1. The second-order valence-corrected chi connectivity index (χ2v) is 8.40. The van der Waals surface area contributed by atoms with Crippen molar-refractivity contribution in [3.8, 4) is 23.1 Å². The quantitative estimate of drug-likeness (QED) is 0.221. The molecule has 0 radical (unpaired) electrons. The zero-order valence-electron chi connectivity index (χ0n) is 20.5. The molecule has 0 saturated carbocycles. The third kappa shape index (κ3) is 5.54. The van der Waals surface area contributed by atoms with Crippen LogP contribution in [0.1, 0.15) is 16.9 Å². The fourth-order valence-corrected chi connectivity index (χ4v) is 3.96. The van der Waals surface area contributed by atoms with Crippen LogP contribution in [0, 0.1) is 6.92 Å². The summed E-state index contributed by atoms with van der Waals surface area (Å²) in [5.41, 5.74) is 6.03. The molecular formula is C29H26N4O4. The van der Waals surface area contributed by atoms with Gasteiger partial charge < -0.3 is 18.5 Å². The Morgan fingerprint density at radius 3 is 2.62 bits per heavy atom. The molecule has 0 unspecified atom stereocenters. The van der Waals surface area contributed by atoms with Crippen molar-refractivity contribution < 1.29 is 18.7 Å². The molecule has 37 heavy (non-hydrogen) atoms. The Kier molecular flexibility index (Phi) is 6.98. The number of nitrogens with zero attached hydrogens (tertiary/aromatic N) is 3. The van der Waals surface area contributed by atoms with Gasteiger partial charge in [-0.05, 0) is 60.5 Å². The normalized spacial score (nSPS) is 11.2. The highest BCUT2D eigenvalue weighted by Crippen LogP contribution is 2.29. The van der Waals surface area contributed by atoms with Crippen LogP contribution in [-0.4, -0.2) is 28.8 Å². The van der Waals surface area contributed by atoms with Crippen LogP contribution in [0.2, 0.25) is 0 Å². The minimum Gasteiger partial charge on any atom is -0.493 e. The Balaban J connectivity index is 1.26. The fourth-order valence-electron chi connectivity index (χ4n) is 3.96. The van der Waals surface area contributed by atoms with Crippen LogP contribution in [0.3, 0.4) is 0 Å². The maximum absolute atomic E-state index is 12.8. The topological polar surface area (TPSA) is 90.9 Å². The molecule has 0 aliphatic heterocycles. The smallest absolute Gasteiger partial charge is 0.260 e. The maximum Gasteiger partial charge on any atom is 0.260 e. The number of aromatic nitrogens is 2. The molecule has 8 nitrogen and oxygen atoms in total. The first-order valence-corrected chi connectivity index (χ1v) is 11.8. The summed E-state index contributed by atoms with van der Waals surface area (Å²) < 4.78 is 19.0. The molecule has 1 amide bonds. The molecular weight excluding hydrogens is 468 g/mol. The minimum absolute atomic E-state index is 0.0303. The Morgan fingerprint density at radius 1 is 1.03 bits per heavy atom. The molecule has 0 saturated heterocycles. The molecule has 0 spiro atoms. The Bertz CT molecular complexity index is 1550. The van der Waals surface area contributed by atoms with Crippen molar-refractivity contribution in [1.82, 2.24) is 15.0 Å². The number of benzene rings is 3. The van der Waals surface area contributed by atoms with Gasteiger partial charge in [-0.2, -0.15) is 5.10 Å². The van der Waals surface area contributed by atoms with Crippen LogP contribution in [0.5, 0.6) is 11.5 Å². The lowest BCUT2D eigenvalue weighted by molar-refractivity contribution is -0.121. The number of hydrogen-bond acceptors (Lipinski definition) is 6. The first kappa shape index (κ1) is 23.9. The van der Waals surface area contributed by atoms with Gasteiger partial charge in [-0.25, -0.2) is 10.4 Å². The predicted molar refractivity (Wildman–Crippen MR) is 142 cm³/mol. The van der Waals surface area contributed by atoms with E-state index in [2.05, 4.69) is 15.5 Å². The van der Waals surface area contributed by atoms with Crippen molar-refractivity contribution in [1.29, 1.82) is 0 Å². The van der Waals surface area contributed by atoms with Gasteiger partial charge in [0.2, 0.25) is 0 Å². The van der Waals surface area contributed by atoms with Gasteiger partial charge in [0.05, 0.1) is 24.4 Å². The van der Waals surface area contributed by atoms with Crippen molar-refractivity contribution >= 4 is 23.2 Å². The predicted octanol–water partition coefficient (Wildman–Crippen LogP) is 5.34. The summed E-state index contributed by atoms with van der Waals surface area (Å²) in [5.74, 6) is 2.87. The van der Waals surface area contributed by atoms with Crippen LogP contribution in [0.15, 0.2) is 94.4 Å². The fraction of sp³-hybridized carbons (Fsp3) is 0.138. The van der Waals surface area contributed by atoms with Crippen LogP contribution in [0.4, 0.5) is 0 Å². The summed E-state index contributed by atoms with van der Waals surface area (Å²) in [6, 6.07) is 26.7. The van der Waals surface area contributed by atoms with E-state index in [0.29, 0.717) is 29.7 Å². The number of rotatable bonds is 9. The SMILES string of the molecule is COc1cc(/C=N/NC(=O)Cn2c(-c3ccc(C)o3)nc3ccccc32)ccc1OCc1ccccc1. The number of carbonyl (C=O) groups is 1. The average Bonchev–Trinajstić information content (AvgIpc) is 3.51. The number of aryl methyl sites for hydroxylation is 1. The van der Waals surface area contributed by atoms with E-state index < -0.39 is 0 Å². The second kappa shape index (κ2) is 10.8. The van der Waals surface area contributed by atoms with Crippen molar-refractivity contribution in [2.45, 2.75) is 20.1 Å². The molecule has 5 aromatic rings. The van der Waals surface area contributed by atoms with Gasteiger partial charge >= 0.3 is 0 Å². The lowest BCUT2D eigenvalue weighted by Crippen LogP contribution is -2.23. The Morgan fingerprint density at radius 2 is 1.84 bits per heavy atom. The standard InChI is InChI=1S/C29H26N4O4/c1-20-12-14-26(37-20)29-31-23-10-6-7-11-24(23)33(29)18-28(34)32-30-17-22-13-15-25(27(16-22)35-2)36-19-21-8-4-3-5-9-21/h3-17H,18-19H2,1-2H3,(H,32,34)/b30-17+. The van der Waals surface area contributed by atoms with Crippen molar-refractivity contribution in [3.05, 3.63) is 102 Å². The van der Waals surface area contributed by atoms with E-state index in [-0.39, 0.29) is 12.5 Å². The van der Waals surface area contributed by atoms with E-state index in [4.69, 9.17) is 13.9 Å². The van der Waals surface area contributed by atoms with E-state index in [1.54, 1.807) is 19.4 Å². The number of fused-ring (bicyclic) bond motifs is 1. The first-order valence-electron chi connectivity index (χ1n) is 11.8. The summed E-state index contributed by atoms with van der Waals surface area (Å²) in [7, 11) is 1.58. The van der Waals surface area contributed by atoms with Gasteiger partial charge in [0.25, 0.3) is 5.91 Å². The largest absolute Gasteiger partial charge is 0.493 e. The van der Waals surface area contributed by atoms with Gasteiger partial charge in [0.1, 0.15) is 18.9 Å². The zero-order chi connectivity index (χ0) is 25.6. The number of amides is 1. The van der Waals surface area contributed by atoms with E-state index in [1.165, 1.54) is 0 Å². The number of nitrogens with one attached hydrogen (secondary N) is 1. The van der Waals surface area contributed by atoms with Gasteiger partial charge in [0.15, 0.2) is 23.1 Å². The highest BCUT2D eigenvalue weighted by atomic mass is 16.5. The number of hydrazone groups is 1. The highest BCUT2D eigenvalue weighted by Gasteiger charge is 2.17. The van der Waals surface area contributed by atoms with Crippen molar-refractivity contribution in [3.63, 3.8) is 0 Å². The molecule has 0 aliphatic carbocycles. The molecule has 186 valence electrons. The summed E-state index contributed by atoms with van der Waals surface area (Å²) in [6.45, 7) is 2.33. The molecule has 3 aromatic carbocycles. The van der Waals surface area contributed by atoms with Crippen molar-refractivity contribution in [2.24, 2.45) is 5.10 Å². The molecule has 5 rings (SSSR count). The molecule has 0 fully saturated rings. The second-order valence-electron chi connectivity index (χ2n) is 8.40. The Labute approximate surface area is 214 Å².